The highest BCUT2D eigenvalue weighted by atomic mass is 32.1. The van der Waals surface area contributed by atoms with Crippen LogP contribution in [0.5, 0.6) is 0 Å². The average molecular weight is 303 g/mol. The van der Waals surface area contributed by atoms with Gasteiger partial charge in [0.25, 0.3) is 5.91 Å². The van der Waals surface area contributed by atoms with Crippen LogP contribution in [0.25, 0.3) is 10.2 Å². The minimum Gasteiger partial charge on any atom is -0.375 e. The van der Waals surface area contributed by atoms with E-state index in [-0.39, 0.29) is 5.91 Å². The second-order valence-electron chi connectivity index (χ2n) is 4.44. The van der Waals surface area contributed by atoms with E-state index < -0.39 is 0 Å². The largest absolute Gasteiger partial charge is 0.375 e. The zero-order valence-corrected chi connectivity index (χ0v) is 12.5. The lowest BCUT2D eigenvalue weighted by atomic mass is 10.2. The quantitative estimate of drug-likeness (QED) is 0.781. The number of benzene rings is 1. The van der Waals surface area contributed by atoms with Crippen LogP contribution in [0.15, 0.2) is 29.6 Å². The molecule has 20 heavy (non-hydrogen) atoms. The van der Waals surface area contributed by atoms with Crippen molar-refractivity contribution < 1.29 is 4.79 Å². The van der Waals surface area contributed by atoms with E-state index in [1.165, 1.54) is 21.8 Å². The number of nitrogens with zero attached hydrogens (tertiary/aromatic N) is 1. The molecule has 1 aromatic carbocycles. The van der Waals surface area contributed by atoms with Gasteiger partial charge in [-0.15, -0.1) is 11.3 Å². The number of carbonyl (C=O) groups excluding carboxylic acids is 1. The van der Waals surface area contributed by atoms with Crippen molar-refractivity contribution in [2.24, 2.45) is 0 Å². The third-order valence-corrected chi connectivity index (χ3v) is 4.92. The normalized spacial score (nSPS) is 10.8. The predicted octanol–water partition coefficient (Wildman–Crippen LogP) is 3.18. The summed E-state index contributed by atoms with van der Waals surface area (Å²) in [4.78, 5) is 17.5. The van der Waals surface area contributed by atoms with Crippen LogP contribution in [0.2, 0.25) is 0 Å². The highest BCUT2D eigenvalue weighted by molar-refractivity contribution is 7.22. The minimum absolute atomic E-state index is 0.0772. The lowest BCUT2D eigenvalue weighted by Gasteiger charge is -2.04. The number of amides is 1. The predicted molar refractivity (Wildman–Crippen MR) is 84.3 cm³/mol. The summed E-state index contributed by atoms with van der Waals surface area (Å²) in [5, 5.41) is 5.49. The number of nitrogen functional groups attached to an aromatic ring is 1. The second kappa shape index (κ2) is 5.22. The second-order valence-corrected chi connectivity index (χ2v) is 6.51. The van der Waals surface area contributed by atoms with Gasteiger partial charge in [-0.3, -0.25) is 4.79 Å². The summed E-state index contributed by atoms with van der Waals surface area (Å²) in [6.45, 7) is 2.61. The Morgan fingerprint density at radius 1 is 1.40 bits per heavy atom. The van der Waals surface area contributed by atoms with Gasteiger partial charge in [0.2, 0.25) is 0 Å². The molecule has 3 aromatic rings. The maximum Gasteiger partial charge on any atom is 0.251 e. The fourth-order valence-electron chi connectivity index (χ4n) is 1.93. The van der Waals surface area contributed by atoms with E-state index in [0.717, 1.165) is 10.2 Å². The van der Waals surface area contributed by atoms with Crippen LogP contribution >= 0.6 is 22.7 Å². The van der Waals surface area contributed by atoms with Crippen LogP contribution in [0.4, 0.5) is 5.13 Å². The van der Waals surface area contributed by atoms with Crippen LogP contribution in [0.1, 0.15) is 20.8 Å². The molecule has 2 aromatic heterocycles. The smallest absolute Gasteiger partial charge is 0.251 e. The Hall–Kier alpha value is -1.92. The molecule has 3 N–H and O–H groups in total. The lowest BCUT2D eigenvalue weighted by molar-refractivity contribution is 0.0951. The van der Waals surface area contributed by atoms with E-state index in [9.17, 15) is 4.79 Å². The van der Waals surface area contributed by atoms with Gasteiger partial charge in [0.05, 0.1) is 16.8 Å². The molecule has 0 aliphatic heterocycles. The molecule has 0 aliphatic carbocycles. The van der Waals surface area contributed by atoms with Crippen molar-refractivity contribution in [2.75, 3.05) is 5.73 Å². The van der Waals surface area contributed by atoms with Gasteiger partial charge < -0.3 is 11.1 Å². The molecule has 102 valence electrons. The number of aromatic nitrogens is 1. The summed E-state index contributed by atoms with van der Waals surface area (Å²) in [6, 6.07) is 7.49. The maximum atomic E-state index is 12.1. The third-order valence-electron chi connectivity index (χ3n) is 3.04. The van der Waals surface area contributed by atoms with Crippen molar-refractivity contribution in [3.8, 4) is 0 Å². The summed E-state index contributed by atoms with van der Waals surface area (Å²) >= 11 is 3.04. The number of thiophene rings is 1. The number of fused-ring (bicyclic) bond motifs is 1. The fraction of sp³-hybridized carbons (Fsp3) is 0.143. The Labute approximate surface area is 124 Å². The molecule has 2 heterocycles. The summed E-state index contributed by atoms with van der Waals surface area (Å²) in [5.41, 5.74) is 8.34. The molecule has 0 aliphatic rings. The molecular formula is C14H13N3OS2. The number of aryl methyl sites for hydroxylation is 1. The van der Waals surface area contributed by atoms with Crippen molar-refractivity contribution in [3.63, 3.8) is 0 Å². The number of anilines is 1. The Bertz CT molecular complexity index is 776. The number of thiazole rings is 1. The summed E-state index contributed by atoms with van der Waals surface area (Å²) in [7, 11) is 0. The van der Waals surface area contributed by atoms with Gasteiger partial charge in [-0.05, 0) is 42.1 Å². The van der Waals surface area contributed by atoms with E-state index in [2.05, 4.69) is 16.4 Å². The molecule has 1 amide bonds. The van der Waals surface area contributed by atoms with Crippen molar-refractivity contribution >= 4 is 43.9 Å². The summed E-state index contributed by atoms with van der Waals surface area (Å²) in [6.07, 6.45) is 0. The van der Waals surface area contributed by atoms with E-state index in [0.29, 0.717) is 17.2 Å². The van der Waals surface area contributed by atoms with Crippen LogP contribution in [-0.4, -0.2) is 10.9 Å². The first kappa shape index (κ1) is 13.1. The van der Waals surface area contributed by atoms with Crippen LogP contribution in [0, 0.1) is 6.92 Å². The fourth-order valence-corrected chi connectivity index (χ4v) is 3.55. The molecule has 0 fully saturated rings. The first-order valence-electron chi connectivity index (χ1n) is 6.11. The summed E-state index contributed by atoms with van der Waals surface area (Å²) < 4.78 is 0.933. The average Bonchev–Trinajstić information content (AvgIpc) is 2.99. The Kier molecular flexibility index (Phi) is 3.42. The molecule has 0 saturated heterocycles. The first-order chi connectivity index (χ1) is 9.63. The zero-order valence-electron chi connectivity index (χ0n) is 10.8. The van der Waals surface area contributed by atoms with Gasteiger partial charge >= 0.3 is 0 Å². The molecule has 0 atom stereocenters. The van der Waals surface area contributed by atoms with Gasteiger partial charge in [0.1, 0.15) is 0 Å². The lowest BCUT2D eigenvalue weighted by Crippen LogP contribution is -2.22. The maximum absolute atomic E-state index is 12.1. The monoisotopic (exact) mass is 303 g/mol. The van der Waals surface area contributed by atoms with Gasteiger partial charge in [0, 0.05) is 10.4 Å². The number of hydrogen-bond donors (Lipinski definition) is 2. The molecule has 0 bridgehead atoms. The highest BCUT2D eigenvalue weighted by Crippen LogP contribution is 2.24. The summed E-state index contributed by atoms with van der Waals surface area (Å²) in [5.74, 6) is -0.0772. The van der Waals surface area contributed by atoms with Crippen molar-refractivity contribution in [1.82, 2.24) is 10.3 Å². The number of nitrogens with two attached hydrogens (primary N) is 1. The van der Waals surface area contributed by atoms with Gasteiger partial charge in [0.15, 0.2) is 5.13 Å². The van der Waals surface area contributed by atoms with Crippen LogP contribution in [-0.2, 0) is 6.54 Å². The standard InChI is InChI=1S/C14H13N3OS2/c1-8-4-5-19-12(8)7-16-13(18)9-2-3-10-11(6-9)20-14(15)17-10/h2-6H,7H2,1H3,(H2,15,17)(H,16,18). The van der Waals surface area contributed by atoms with Gasteiger partial charge in [-0.2, -0.15) is 0 Å². The Morgan fingerprint density at radius 2 is 2.25 bits per heavy atom. The van der Waals surface area contributed by atoms with E-state index >= 15 is 0 Å². The molecule has 4 nitrogen and oxygen atoms in total. The highest BCUT2D eigenvalue weighted by Gasteiger charge is 2.09. The SMILES string of the molecule is Cc1ccsc1CNC(=O)c1ccc2nc(N)sc2c1. The van der Waals surface area contributed by atoms with Crippen molar-refractivity contribution in [1.29, 1.82) is 0 Å². The molecular weight excluding hydrogens is 290 g/mol. The zero-order chi connectivity index (χ0) is 14.1. The van der Waals surface area contributed by atoms with Gasteiger partial charge in [-0.25, -0.2) is 4.98 Å². The number of carbonyl (C=O) groups is 1. The third kappa shape index (κ3) is 2.52. The number of hydrogen-bond acceptors (Lipinski definition) is 5. The number of rotatable bonds is 3. The van der Waals surface area contributed by atoms with Crippen LogP contribution in [0.3, 0.4) is 0 Å². The minimum atomic E-state index is -0.0772. The van der Waals surface area contributed by atoms with Crippen molar-refractivity contribution in [2.45, 2.75) is 13.5 Å². The van der Waals surface area contributed by atoms with Crippen LogP contribution < -0.4 is 11.1 Å². The molecule has 0 unspecified atom stereocenters. The van der Waals surface area contributed by atoms with E-state index in [4.69, 9.17) is 5.73 Å². The molecule has 0 spiro atoms. The molecule has 3 rings (SSSR count). The van der Waals surface area contributed by atoms with E-state index in [1.807, 2.05) is 24.4 Å². The van der Waals surface area contributed by atoms with Crippen molar-refractivity contribution in [3.05, 3.63) is 45.6 Å². The van der Waals surface area contributed by atoms with Gasteiger partial charge in [-0.1, -0.05) is 11.3 Å². The first-order valence-corrected chi connectivity index (χ1v) is 7.80. The Balaban J connectivity index is 1.76. The number of nitrogens with one attached hydrogen (secondary N) is 1. The molecule has 0 radical (unpaired) electrons. The Morgan fingerprint density at radius 3 is 3.00 bits per heavy atom. The topological polar surface area (TPSA) is 68.0 Å². The molecule has 6 heteroatoms. The molecule has 0 saturated carbocycles. The van der Waals surface area contributed by atoms with E-state index in [1.54, 1.807) is 17.4 Å².